The lowest BCUT2D eigenvalue weighted by Crippen LogP contribution is -3.07. The first kappa shape index (κ1) is 19.1. The van der Waals surface area contributed by atoms with Gasteiger partial charge in [-0.1, -0.05) is 36.4 Å². The summed E-state index contributed by atoms with van der Waals surface area (Å²) in [5, 5.41) is 4.80. The van der Waals surface area contributed by atoms with Crippen molar-refractivity contribution in [3.05, 3.63) is 77.6 Å². The molecule has 0 saturated heterocycles. The number of nitrogens with one attached hydrogen (secondary N) is 1. The molecule has 3 rings (SSSR count). The van der Waals surface area contributed by atoms with Crippen molar-refractivity contribution in [3.8, 4) is 17.1 Å². The number of quaternary nitrogens is 1. The fraction of sp³-hybridized carbons (Fsp3) is 0.238. The van der Waals surface area contributed by atoms with Gasteiger partial charge >= 0.3 is 0 Å². The first-order chi connectivity index (χ1) is 13.1. The summed E-state index contributed by atoms with van der Waals surface area (Å²) < 4.78 is 9.86. The summed E-state index contributed by atoms with van der Waals surface area (Å²) in [6, 6.07) is 18.3. The third-order valence-corrected chi connectivity index (χ3v) is 4.78. The largest absolute Gasteiger partial charge is 0.497 e. The lowest BCUT2D eigenvalue weighted by atomic mass is 10.2. The zero-order chi connectivity index (χ0) is 19.2. The highest BCUT2D eigenvalue weighted by Crippen LogP contribution is 2.21. The van der Waals surface area contributed by atoms with Crippen LogP contribution in [0.15, 0.2) is 67.3 Å². The molecule has 0 fully saturated rings. The van der Waals surface area contributed by atoms with Gasteiger partial charge in [0, 0.05) is 17.7 Å². The van der Waals surface area contributed by atoms with Crippen molar-refractivity contribution in [2.24, 2.45) is 0 Å². The Balaban J connectivity index is 1.87. The lowest BCUT2D eigenvalue weighted by molar-refractivity contribution is -0.917. The van der Waals surface area contributed by atoms with E-state index in [0.29, 0.717) is 18.0 Å². The van der Waals surface area contributed by atoms with E-state index < -0.39 is 0 Å². The van der Waals surface area contributed by atoms with Crippen molar-refractivity contribution in [1.82, 2.24) is 14.3 Å². The van der Waals surface area contributed by atoms with Gasteiger partial charge in [0.1, 0.15) is 12.3 Å². The van der Waals surface area contributed by atoms with Crippen LogP contribution < -0.4 is 9.64 Å². The van der Waals surface area contributed by atoms with E-state index in [9.17, 15) is 0 Å². The van der Waals surface area contributed by atoms with Gasteiger partial charge in [0.15, 0.2) is 12.5 Å². The first-order valence-electron chi connectivity index (χ1n) is 8.90. The predicted molar refractivity (Wildman–Crippen MR) is 110 cm³/mol. The Bertz CT molecular complexity index is 945. The summed E-state index contributed by atoms with van der Waals surface area (Å²) in [7, 11) is 3.81. The highest BCUT2D eigenvalue weighted by molar-refractivity contribution is 7.71. The number of nitrogens with zero attached hydrogens (tertiary/aromatic N) is 3. The van der Waals surface area contributed by atoms with Gasteiger partial charge in [-0.2, -0.15) is 4.68 Å². The van der Waals surface area contributed by atoms with Crippen LogP contribution in [0.1, 0.15) is 5.56 Å². The number of benzene rings is 2. The third kappa shape index (κ3) is 4.53. The van der Waals surface area contributed by atoms with Gasteiger partial charge in [-0.3, -0.25) is 4.57 Å². The van der Waals surface area contributed by atoms with Crippen LogP contribution in [0.5, 0.6) is 5.75 Å². The van der Waals surface area contributed by atoms with Crippen LogP contribution in [0.4, 0.5) is 0 Å². The minimum atomic E-state index is 0.623. The zero-order valence-electron chi connectivity index (χ0n) is 15.8. The number of ether oxygens (including phenoxy) is 1. The maximum absolute atomic E-state index is 5.69. The molecule has 0 bridgehead atoms. The molecule has 27 heavy (non-hydrogen) atoms. The van der Waals surface area contributed by atoms with Crippen molar-refractivity contribution in [2.45, 2.75) is 19.8 Å². The second-order valence-electron chi connectivity index (χ2n) is 6.51. The number of allylic oxidation sites excluding steroid dienone is 1. The molecule has 0 aliphatic rings. The van der Waals surface area contributed by atoms with Crippen LogP contribution in [0, 0.1) is 4.77 Å². The van der Waals surface area contributed by atoms with E-state index in [0.717, 1.165) is 23.7 Å². The topological polar surface area (TPSA) is 36.4 Å². The Kier molecular flexibility index (Phi) is 6.21. The second-order valence-corrected chi connectivity index (χ2v) is 6.88. The van der Waals surface area contributed by atoms with Gasteiger partial charge in [0.2, 0.25) is 4.77 Å². The molecule has 0 aliphatic carbocycles. The van der Waals surface area contributed by atoms with E-state index in [1.165, 1.54) is 10.5 Å². The van der Waals surface area contributed by atoms with E-state index in [1.807, 2.05) is 45.7 Å². The fourth-order valence-corrected chi connectivity index (χ4v) is 3.31. The molecule has 140 valence electrons. The molecular weight excluding hydrogens is 356 g/mol. The maximum Gasteiger partial charge on any atom is 0.203 e. The average Bonchev–Trinajstić information content (AvgIpc) is 2.99. The van der Waals surface area contributed by atoms with Gasteiger partial charge in [-0.05, 0) is 36.5 Å². The molecule has 0 aliphatic heterocycles. The van der Waals surface area contributed by atoms with Crippen molar-refractivity contribution in [1.29, 1.82) is 0 Å². The second kappa shape index (κ2) is 8.79. The molecule has 1 atom stereocenters. The minimum absolute atomic E-state index is 0.623. The SMILES string of the molecule is C=CCn1c(-c2ccc(OC)cc2)nn(C[NH+](C)Cc2ccccc2)c1=S. The number of methoxy groups -OCH3 is 1. The summed E-state index contributed by atoms with van der Waals surface area (Å²) in [5.74, 6) is 1.66. The number of hydrogen-bond acceptors (Lipinski definition) is 3. The summed E-state index contributed by atoms with van der Waals surface area (Å²) in [6.07, 6.45) is 1.84. The Labute approximate surface area is 165 Å². The molecule has 1 heterocycles. The summed E-state index contributed by atoms with van der Waals surface area (Å²) >= 11 is 5.69. The molecule has 0 saturated carbocycles. The van der Waals surface area contributed by atoms with E-state index in [2.05, 4.69) is 37.9 Å². The maximum atomic E-state index is 5.69. The number of aromatic nitrogens is 3. The molecule has 6 heteroatoms. The lowest BCUT2D eigenvalue weighted by Gasteiger charge is -2.13. The molecule has 0 radical (unpaired) electrons. The van der Waals surface area contributed by atoms with Crippen LogP contribution in [-0.2, 0) is 19.8 Å². The highest BCUT2D eigenvalue weighted by Gasteiger charge is 2.15. The molecule has 5 nitrogen and oxygen atoms in total. The average molecular weight is 382 g/mol. The monoisotopic (exact) mass is 381 g/mol. The van der Waals surface area contributed by atoms with E-state index in [1.54, 1.807) is 7.11 Å². The number of hydrogen-bond donors (Lipinski definition) is 1. The smallest absolute Gasteiger partial charge is 0.203 e. The molecule has 0 amide bonds. The standard InChI is InChI=1S/C21H24N4OS/c1-4-14-24-20(18-10-12-19(26-3)13-11-18)22-25(21(24)27)16-23(2)15-17-8-6-5-7-9-17/h4-13H,1,14-16H2,2-3H3/p+1. The van der Waals surface area contributed by atoms with Crippen molar-refractivity contribution >= 4 is 12.2 Å². The van der Waals surface area contributed by atoms with Gasteiger partial charge in [0.25, 0.3) is 0 Å². The van der Waals surface area contributed by atoms with Gasteiger partial charge in [-0.25, -0.2) is 0 Å². The third-order valence-electron chi connectivity index (χ3n) is 4.35. The zero-order valence-corrected chi connectivity index (χ0v) is 16.6. The number of rotatable bonds is 8. The highest BCUT2D eigenvalue weighted by atomic mass is 32.1. The van der Waals surface area contributed by atoms with Crippen LogP contribution in [-0.4, -0.2) is 28.5 Å². The van der Waals surface area contributed by atoms with Crippen molar-refractivity contribution < 1.29 is 9.64 Å². The molecular formula is C21H25N4OS+. The van der Waals surface area contributed by atoms with E-state index in [-0.39, 0.29) is 0 Å². The summed E-state index contributed by atoms with van der Waals surface area (Å²) in [4.78, 5) is 1.31. The van der Waals surface area contributed by atoms with Crippen molar-refractivity contribution in [2.75, 3.05) is 14.2 Å². The Morgan fingerprint density at radius 3 is 2.48 bits per heavy atom. The van der Waals surface area contributed by atoms with Gasteiger partial charge in [-0.15, -0.1) is 11.7 Å². The van der Waals surface area contributed by atoms with Crippen LogP contribution in [0.2, 0.25) is 0 Å². The molecule has 3 aromatic rings. The first-order valence-corrected chi connectivity index (χ1v) is 9.31. The van der Waals surface area contributed by atoms with Crippen LogP contribution >= 0.6 is 12.2 Å². The van der Waals surface area contributed by atoms with E-state index in [4.69, 9.17) is 22.1 Å². The van der Waals surface area contributed by atoms with Gasteiger partial charge in [0.05, 0.1) is 14.2 Å². The Morgan fingerprint density at radius 1 is 1.15 bits per heavy atom. The summed E-state index contributed by atoms with van der Waals surface area (Å²) in [6.45, 7) is 6.09. The van der Waals surface area contributed by atoms with Crippen molar-refractivity contribution in [3.63, 3.8) is 0 Å². The summed E-state index contributed by atoms with van der Waals surface area (Å²) in [5.41, 5.74) is 2.30. The Hall–Kier alpha value is -2.70. The molecule has 2 aromatic carbocycles. The molecule has 1 N–H and O–H groups in total. The normalized spacial score (nSPS) is 11.9. The van der Waals surface area contributed by atoms with Crippen LogP contribution in [0.3, 0.4) is 0 Å². The predicted octanol–water partition coefficient (Wildman–Crippen LogP) is 2.95. The van der Waals surface area contributed by atoms with Gasteiger partial charge < -0.3 is 9.64 Å². The van der Waals surface area contributed by atoms with E-state index >= 15 is 0 Å². The Morgan fingerprint density at radius 2 is 1.85 bits per heavy atom. The minimum Gasteiger partial charge on any atom is -0.497 e. The quantitative estimate of drug-likeness (QED) is 0.481. The fourth-order valence-electron chi connectivity index (χ4n) is 3.05. The molecule has 1 unspecified atom stereocenters. The molecule has 1 aromatic heterocycles. The van der Waals surface area contributed by atoms with Crippen LogP contribution in [0.25, 0.3) is 11.4 Å². The molecule has 0 spiro atoms.